The van der Waals surface area contributed by atoms with Crippen LogP contribution in [0.25, 0.3) is 10.3 Å². The Morgan fingerprint density at radius 2 is 1.89 bits per heavy atom. The first-order valence-corrected chi connectivity index (χ1v) is 11.1. The molecule has 0 atom stereocenters. The molecule has 146 valence electrons. The summed E-state index contributed by atoms with van der Waals surface area (Å²) in [6, 6.07) is 6.65. The number of aryl methyl sites for hydroxylation is 2. The van der Waals surface area contributed by atoms with E-state index in [1.165, 1.54) is 62.7 Å². The molecule has 0 radical (unpaired) electrons. The molecule has 7 heteroatoms. The quantitative estimate of drug-likeness (QED) is 0.653. The van der Waals surface area contributed by atoms with Crippen molar-refractivity contribution in [3.63, 3.8) is 0 Å². The Hall–Kier alpha value is -2.25. The number of nitrogens with one attached hydrogen (secondary N) is 2. The normalized spacial score (nSPS) is 17.0. The van der Waals surface area contributed by atoms with Gasteiger partial charge in [0.15, 0.2) is 16.6 Å². The number of fused-ring (bicyclic) bond motifs is 2. The fourth-order valence-electron chi connectivity index (χ4n) is 4.21. The second-order valence-electron chi connectivity index (χ2n) is 7.69. The van der Waals surface area contributed by atoms with E-state index in [1.54, 1.807) is 17.7 Å². The predicted molar refractivity (Wildman–Crippen MR) is 116 cm³/mol. The number of thiazole rings is 1. The summed E-state index contributed by atoms with van der Waals surface area (Å²) in [5, 5.41) is 7.88. The summed E-state index contributed by atoms with van der Waals surface area (Å²) in [4.78, 5) is 16.0. The molecular weight excluding hydrogens is 368 g/mol. The minimum absolute atomic E-state index is 0.754. The maximum atomic E-state index is 4.65. The minimum atomic E-state index is 0.754. The molecule has 3 heterocycles. The lowest BCUT2D eigenvalue weighted by atomic mass is 10.1. The maximum absolute atomic E-state index is 4.65. The van der Waals surface area contributed by atoms with E-state index in [0.717, 1.165) is 40.1 Å². The van der Waals surface area contributed by atoms with Crippen LogP contribution in [-0.2, 0) is 12.8 Å². The van der Waals surface area contributed by atoms with Gasteiger partial charge in [0.2, 0.25) is 0 Å². The molecule has 0 bridgehead atoms. The van der Waals surface area contributed by atoms with Crippen molar-refractivity contribution in [3.8, 4) is 0 Å². The highest BCUT2D eigenvalue weighted by Gasteiger charge is 2.14. The van der Waals surface area contributed by atoms with Gasteiger partial charge in [-0.15, -0.1) is 0 Å². The molecule has 3 aromatic rings. The Bertz CT molecular complexity index is 963. The smallest absolute Gasteiger partial charge is 0.185 e. The SMILES string of the molecule is c1nc(Nc2ccc3c(c2)CCC3)c2sc(NCCN3CCCCC3)nc2n1. The topological polar surface area (TPSA) is 66.0 Å². The fourth-order valence-corrected chi connectivity index (χ4v) is 5.10. The van der Waals surface area contributed by atoms with Crippen molar-refractivity contribution in [2.24, 2.45) is 0 Å². The lowest BCUT2D eigenvalue weighted by molar-refractivity contribution is 0.237. The largest absolute Gasteiger partial charge is 0.360 e. The Morgan fingerprint density at radius 3 is 2.82 bits per heavy atom. The van der Waals surface area contributed by atoms with Crippen LogP contribution in [0.15, 0.2) is 24.5 Å². The number of hydrogen-bond acceptors (Lipinski definition) is 7. The van der Waals surface area contributed by atoms with Gasteiger partial charge < -0.3 is 15.5 Å². The average molecular weight is 395 g/mol. The van der Waals surface area contributed by atoms with Gasteiger partial charge in [-0.3, -0.25) is 0 Å². The van der Waals surface area contributed by atoms with Gasteiger partial charge in [-0.1, -0.05) is 23.8 Å². The van der Waals surface area contributed by atoms with Crippen molar-refractivity contribution in [3.05, 3.63) is 35.7 Å². The van der Waals surface area contributed by atoms with Crippen LogP contribution in [0.2, 0.25) is 0 Å². The van der Waals surface area contributed by atoms with E-state index in [4.69, 9.17) is 0 Å². The van der Waals surface area contributed by atoms with Crippen molar-refractivity contribution in [2.75, 3.05) is 36.8 Å². The minimum Gasteiger partial charge on any atom is -0.360 e. The van der Waals surface area contributed by atoms with Crippen LogP contribution in [0.5, 0.6) is 0 Å². The van der Waals surface area contributed by atoms with Gasteiger partial charge in [0.1, 0.15) is 11.0 Å². The number of likely N-dealkylation sites (tertiary alicyclic amines) is 1. The van der Waals surface area contributed by atoms with E-state index < -0.39 is 0 Å². The number of piperidine rings is 1. The van der Waals surface area contributed by atoms with E-state index in [1.807, 2.05) is 0 Å². The highest BCUT2D eigenvalue weighted by molar-refractivity contribution is 7.22. The van der Waals surface area contributed by atoms with Gasteiger partial charge in [0.05, 0.1) is 0 Å². The zero-order valence-electron chi connectivity index (χ0n) is 16.1. The summed E-state index contributed by atoms with van der Waals surface area (Å²) >= 11 is 1.63. The Morgan fingerprint density at radius 1 is 1.00 bits per heavy atom. The lowest BCUT2D eigenvalue weighted by Gasteiger charge is -2.26. The van der Waals surface area contributed by atoms with Gasteiger partial charge in [0.25, 0.3) is 0 Å². The Kier molecular flexibility index (Phi) is 5.10. The molecule has 1 aromatic carbocycles. The summed E-state index contributed by atoms with van der Waals surface area (Å²) in [7, 11) is 0. The molecule has 1 aliphatic heterocycles. The predicted octanol–water partition coefficient (Wildman–Crippen LogP) is 4.22. The summed E-state index contributed by atoms with van der Waals surface area (Å²) in [5.41, 5.74) is 4.79. The number of rotatable bonds is 6. The molecule has 0 saturated carbocycles. The van der Waals surface area contributed by atoms with Crippen molar-refractivity contribution < 1.29 is 0 Å². The maximum Gasteiger partial charge on any atom is 0.185 e. The van der Waals surface area contributed by atoms with Crippen molar-refractivity contribution in [1.29, 1.82) is 0 Å². The summed E-state index contributed by atoms with van der Waals surface area (Å²) < 4.78 is 1.00. The number of benzene rings is 1. The van der Waals surface area contributed by atoms with E-state index in [9.17, 15) is 0 Å². The second kappa shape index (κ2) is 8.01. The van der Waals surface area contributed by atoms with Crippen molar-refractivity contribution >= 4 is 38.3 Å². The van der Waals surface area contributed by atoms with Crippen LogP contribution in [0.3, 0.4) is 0 Å². The van der Waals surface area contributed by atoms with Gasteiger partial charge in [-0.25, -0.2) is 9.97 Å². The van der Waals surface area contributed by atoms with Gasteiger partial charge >= 0.3 is 0 Å². The molecule has 2 aliphatic rings. The monoisotopic (exact) mass is 394 g/mol. The van der Waals surface area contributed by atoms with Gasteiger partial charge in [0, 0.05) is 18.8 Å². The molecule has 0 unspecified atom stereocenters. The van der Waals surface area contributed by atoms with Crippen molar-refractivity contribution in [1.82, 2.24) is 19.9 Å². The van der Waals surface area contributed by atoms with Crippen LogP contribution in [0.1, 0.15) is 36.8 Å². The van der Waals surface area contributed by atoms with Crippen LogP contribution in [-0.4, -0.2) is 46.0 Å². The first-order chi connectivity index (χ1) is 13.8. The van der Waals surface area contributed by atoms with Crippen LogP contribution in [0, 0.1) is 0 Å². The third-order valence-corrected chi connectivity index (χ3v) is 6.71. The van der Waals surface area contributed by atoms with Crippen LogP contribution in [0.4, 0.5) is 16.6 Å². The van der Waals surface area contributed by atoms with Gasteiger partial charge in [-0.05, 0) is 68.5 Å². The zero-order valence-corrected chi connectivity index (χ0v) is 16.9. The van der Waals surface area contributed by atoms with E-state index in [2.05, 4.69) is 48.7 Å². The first-order valence-electron chi connectivity index (χ1n) is 10.3. The molecule has 0 amide bonds. The highest BCUT2D eigenvalue weighted by Crippen LogP contribution is 2.32. The number of aromatic nitrogens is 3. The molecule has 1 aliphatic carbocycles. The van der Waals surface area contributed by atoms with E-state index in [-0.39, 0.29) is 0 Å². The summed E-state index contributed by atoms with van der Waals surface area (Å²) in [6.45, 7) is 4.44. The summed E-state index contributed by atoms with van der Waals surface area (Å²) in [5.74, 6) is 0.838. The van der Waals surface area contributed by atoms with E-state index in [0.29, 0.717) is 0 Å². The highest BCUT2D eigenvalue weighted by atomic mass is 32.1. The second-order valence-corrected chi connectivity index (χ2v) is 8.68. The Balaban J connectivity index is 1.28. The number of nitrogens with zero attached hydrogens (tertiary/aromatic N) is 4. The average Bonchev–Trinajstić information content (AvgIpc) is 3.35. The van der Waals surface area contributed by atoms with Gasteiger partial charge in [-0.2, -0.15) is 4.98 Å². The zero-order chi connectivity index (χ0) is 18.8. The molecule has 1 saturated heterocycles. The van der Waals surface area contributed by atoms with Crippen LogP contribution < -0.4 is 10.6 Å². The molecule has 6 nitrogen and oxygen atoms in total. The molecule has 5 rings (SSSR count). The first kappa shape index (κ1) is 17.8. The standard InChI is InChI=1S/C21H26N6S/c1-2-10-27(11-3-1)12-9-22-21-26-20-18(28-21)19(23-14-24-20)25-17-8-7-15-5-4-6-16(15)13-17/h7-8,13-14H,1-6,9-12H2,(H2,22,23,24,25,26). The lowest BCUT2D eigenvalue weighted by Crippen LogP contribution is -2.33. The number of anilines is 3. The molecular formula is C21H26N6S. The fraction of sp³-hybridized carbons (Fsp3) is 0.476. The molecule has 28 heavy (non-hydrogen) atoms. The third-order valence-electron chi connectivity index (χ3n) is 5.71. The Labute approximate surface area is 169 Å². The number of hydrogen-bond donors (Lipinski definition) is 2. The molecule has 1 fully saturated rings. The molecule has 2 aromatic heterocycles. The van der Waals surface area contributed by atoms with E-state index >= 15 is 0 Å². The third kappa shape index (κ3) is 3.82. The summed E-state index contributed by atoms with van der Waals surface area (Å²) in [6.07, 6.45) is 9.26. The molecule has 2 N–H and O–H groups in total. The van der Waals surface area contributed by atoms with Crippen molar-refractivity contribution in [2.45, 2.75) is 38.5 Å². The molecule has 0 spiro atoms. The van der Waals surface area contributed by atoms with Crippen LogP contribution >= 0.6 is 11.3 Å².